The summed E-state index contributed by atoms with van der Waals surface area (Å²) in [5.41, 5.74) is 3.17. The van der Waals surface area contributed by atoms with Gasteiger partial charge in [-0.05, 0) is 42.7 Å². The SMILES string of the molecule is COc1ccccc1CCNC(=O)CNc1ccc(C)c(Br)c1. The van der Waals surface area contributed by atoms with Crippen molar-refractivity contribution in [1.29, 1.82) is 0 Å². The zero-order chi connectivity index (χ0) is 16.7. The smallest absolute Gasteiger partial charge is 0.239 e. The van der Waals surface area contributed by atoms with E-state index in [1.165, 1.54) is 0 Å². The van der Waals surface area contributed by atoms with Gasteiger partial charge >= 0.3 is 0 Å². The zero-order valence-corrected chi connectivity index (χ0v) is 14.9. The summed E-state index contributed by atoms with van der Waals surface area (Å²) in [7, 11) is 1.65. The molecule has 2 aromatic carbocycles. The summed E-state index contributed by atoms with van der Waals surface area (Å²) >= 11 is 3.48. The number of nitrogens with one attached hydrogen (secondary N) is 2. The lowest BCUT2D eigenvalue weighted by atomic mass is 10.1. The third kappa shape index (κ3) is 5.28. The summed E-state index contributed by atoms with van der Waals surface area (Å²) in [6.07, 6.45) is 0.742. The van der Waals surface area contributed by atoms with Crippen LogP contribution >= 0.6 is 15.9 Å². The summed E-state index contributed by atoms with van der Waals surface area (Å²) in [5, 5.41) is 6.03. The van der Waals surface area contributed by atoms with E-state index >= 15 is 0 Å². The molecule has 0 atom stereocenters. The Labute approximate surface area is 145 Å². The Balaban J connectivity index is 1.76. The Bertz CT molecular complexity index is 674. The van der Waals surface area contributed by atoms with E-state index in [1.807, 2.05) is 49.4 Å². The largest absolute Gasteiger partial charge is 0.496 e. The fourth-order valence-corrected chi connectivity index (χ4v) is 2.57. The average molecular weight is 377 g/mol. The predicted molar refractivity (Wildman–Crippen MR) is 97.1 cm³/mol. The van der Waals surface area contributed by atoms with Gasteiger partial charge in [0.2, 0.25) is 5.91 Å². The standard InChI is InChI=1S/C18H21BrN2O2/c1-13-7-8-15(11-16(13)19)21-12-18(22)20-10-9-14-5-3-4-6-17(14)23-2/h3-8,11,21H,9-10,12H2,1-2H3,(H,20,22). The maximum absolute atomic E-state index is 11.9. The van der Waals surface area contributed by atoms with E-state index in [9.17, 15) is 4.79 Å². The third-order valence-corrected chi connectivity index (χ3v) is 4.39. The van der Waals surface area contributed by atoms with E-state index in [0.717, 1.165) is 33.5 Å². The van der Waals surface area contributed by atoms with E-state index in [0.29, 0.717) is 6.54 Å². The molecule has 0 saturated carbocycles. The van der Waals surface area contributed by atoms with Crippen molar-refractivity contribution in [3.8, 4) is 5.75 Å². The fourth-order valence-electron chi connectivity index (χ4n) is 2.19. The first-order valence-electron chi connectivity index (χ1n) is 7.49. The van der Waals surface area contributed by atoms with Gasteiger partial charge < -0.3 is 15.4 Å². The molecule has 0 bridgehead atoms. The monoisotopic (exact) mass is 376 g/mol. The van der Waals surface area contributed by atoms with E-state index in [1.54, 1.807) is 7.11 Å². The van der Waals surface area contributed by atoms with Crippen molar-refractivity contribution in [3.05, 3.63) is 58.1 Å². The molecule has 2 rings (SSSR count). The molecule has 0 radical (unpaired) electrons. The average Bonchev–Trinajstić information content (AvgIpc) is 2.56. The van der Waals surface area contributed by atoms with Crippen molar-refractivity contribution in [2.75, 3.05) is 25.5 Å². The number of aryl methyl sites for hydroxylation is 1. The molecule has 0 saturated heterocycles. The van der Waals surface area contributed by atoms with Crippen LogP contribution in [0.25, 0.3) is 0 Å². The zero-order valence-electron chi connectivity index (χ0n) is 13.4. The minimum absolute atomic E-state index is 0.0309. The number of carbonyl (C=O) groups is 1. The molecule has 23 heavy (non-hydrogen) atoms. The molecule has 2 aromatic rings. The van der Waals surface area contributed by atoms with Crippen LogP contribution in [0, 0.1) is 6.92 Å². The van der Waals surface area contributed by atoms with Crippen LogP contribution in [-0.2, 0) is 11.2 Å². The van der Waals surface area contributed by atoms with Gasteiger partial charge in [0.25, 0.3) is 0 Å². The quantitative estimate of drug-likeness (QED) is 0.776. The van der Waals surface area contributed by atoms with Gasteiger partial charge in [-0.3, -0.25) is 4.79 Å². The minimum Gasteiger partial charge on any atom is -0.496 e. The molecule has 122 valence electrons. The van der Waals surface area contributed by atoms with Gasteiger partial charge in [-0.25, -0.2) is 0 Å². The first-order valence-corrected chi connectivity index (χ1v) is 8.28. The number of para-hydroxylation sites is 1. The molecule has 0 heterocycles. The summed E-state index contributed by atoms with van der Waals surface area (Å²) in [4.78, 5) is 11.9. The van der Waals surface area contributed by atoms with Crippen molar-refractivity contribution in [1.82, 2.24) is 5.32 Å². The molecule has 0 unspecified atom stereocenters. The second-order valence-corrected chi connectivity index (χ2v) is 6.08. The molecule has 1 amide bonds. The first kappa shape index (κ1) is 17.3. The topological polar surface area (TPSA) is 50.4 Å². The van der Waals surface area contributed by atoms with Gasteiger partial charge in [-0.2, -0.15) is 0 Å². The van der Waals surface area contributed by atoms with Crippen LogP contribution in [0.5, 0.6) is 5.75 Å². The molecule has 0 aliphatic carbocycles. The van der Waals surface area contributed by atoms with Crippen molar-refractivity contribution >= 4 is 27.5 Å². The predicted octanol–water partition coefficient (Wildman–Crippen LogP) is 3.54. The number of methoxy groups -OCH3 is 1. The lowest BCUT2D eigenvalue weighted by Crippen LogP contribution is -2.31. The van der Waals surface area contributed by atoms with Crippen molar-refractivity contribution < 1.29 is 9.53 Å². The van der Waals surface area contributed by atoms with Crippen LogP contribution in [0.4, 0.5) is 5.69 Å². The Morgan fingerprint density at radius 2 is 2.00 bits per heavy atom. The maximum Gasteiger partial charge on any atom is 0.239 e. The molecular weight excluding hydrogens is 356 g/mol. The van der Waals surface area contributed by atoms with Crippen LogP contribution in [-0.4, -0.2) is 26.1 Å². The number of benzene rings is 2. The van der Waals surface area contributed by atoms with Crippen LogP contribution in [0.15, 0.2) is 46.9 Å². The molecular formula is C18H21BrN2O2. The van der Waals surface area contributed by atoms with Gasteiger partial charge in [0.15, 0.2) is 0 Å². The lowest BCUT2D eigenvalue weighted by Gasteiger charge is -2.10. The number of anilines is 1. The van der Waals surface area contributed by atoms with Crippen LogP contribution in [0.2, 0.25) is 0 Å². The number of hydrogen-bond donors (Lipinski definition) is 2. The van der Waals surface area contributed by atoms with Gasteiger partial charge in [0.05, 0.1) is 13.7 Å². The lowest BCUT2D eigenvalue weighted by molar-refractivity contribution is -0.119. The Morgan fingerprint density at radius 3 is 2.74 bits per heavy atom. The molecule has 0 aromatic heterocycles. The van der Waals surface area contributed by atoms with Crippen LogP contribution in [0.3, 0.4) is 0 Å². The highest BCUT2D eigenvalue weighted by atomic mass is 79.9. The molecule has 0 spiro atoms. The highest BCUT2D eigenvalue weighted by Gasteiger charge is 2.04. The number of carbonyl (C=O) groups excluding carboxylic acids is 1. The van der Waals surface area contributed by atoms with Gasteiger partial charge in [-0.15, -0.1) is 0 Å². The van der Waals surface area contributed by atoms with E-state index < -0.39 is 0 Å². The van der Waals surface area contributed by atoms with Crippen molar-refractivity contribution in [3.63, 3.8) is 0 Å². The Hall–Kier alpha value is -2.01. The summed E-state index contributed by atoms with van der Waals surface area (Å²) < 4.78 is 6.33. The highest BCUT2D eigenvalue weighted by Crippen LogP contribution is 2.20. The number of amides is 1. The molecule has 0 aliphatic rings. The molecule has 2 N–H and O–H groups in total. The molecule has 0 aliphatic heterocycles. The number of rotatable bonds is 7. The molecule has 5 heteroatoms. The summed E-state index contributed by atoms with van der Waals surface area (Å²) in [6.45, 7) is 2.86. The number of hydrogen-bond acceptors (Lipinski definition) is 3. The normalized spacial score (nSPS) is 10.2. The highest BCUT2D eigenvalue weighted by molar-refractivity contribution is 9.10. The van der Waals surface area contributed by atoms with E-state index in [4.69, 9.17) is 4.74 Å². The van der Waals surface area contributed by atoms with Crippen LogP contribution < -0.4 is 15.4 Å². The third-order valence-electron chi connectivity index (χ3n) is 3.53. The first-order chi connectivity index (χ1) is 11.1. The Kier molecular flexibility index (Phi) is 6.47. The fraction of sp³-hybridized carbons (Fsp3) is 0.278. The minimum atomic E-state index is -0.0309. The Morgan fingerprint density at radius 1 is 1.22 bits per heavy atom. The van der Waals surface area contributed by atoms with E-state index in [2.05, 4.69) is 26.6 Å². The van der Waals surface area contributed by atoms with Crippen molar-refractivity contribution in [2.24, 2.45) is 0 Å². The van der Waals surface area contributed by atoms with Gasteiger partial charge in [-0.1, -0.05) is 40.2 Å². The second-order valence-electron chi connectivity index (χ2n) is 5.23. The number of halogens is 1. The summed E-state index contributed by atoms with van der Waals surface area (Å²) in [5.74, 6) is 0.820. The van der Waals surface area contributed by atoms with Gasteiger partial charge in [0.1, 0.15) is 5.75 Å². The number of ether oxygens (including phenoxy) is 1. The van der Waals surface area contributed by atoms with E-state index in [-0.39, 0.29) is 12.5 Å². The molecule has 0 fully saturated rings. The summed E-state index contributed by atoms with van der Waals surface area (Å²) in [6, 6.07) is 13.8. The second kappa shape index (κ2) is 8.58. The molecule has 4 nitrogen and oxygen atoms in total. The van der Waals surface area contributed by atoms with Crippen molar-refractivity contribution in [2.45, 2.75) is 13.3 Å². The van der Waals surface area contributed by atoms with Gasteiger partial charge in [0, 0.05) is 16.7 Å². The maximum atomic E-state index is 11.9. The van der Waals surface area contributed by atoms with Crippen LogP contribution in [0.1, 0.15) is 11.1 Å².